The summed E-state index contributed by atoms with van der Waals surface area (Å²) in [5.74, 6) is 1.48. The van der Waals surface area contributed by atoms with Gasteiger partial charge in [-0.05, 0) is 81.1 Å². The third-order valence-corrected chi connectivity index (χ3v) is 11.6. The van der Waals surface area contributed by atoms with Crippen molar-refractivity contribution >= 4 is 75.9 Å². The van der Waals surface area contributed by atoms with E-state index >= 15 is 0 Å². The van der Waals surface area contributed by atoms with Gasteiger partial charge in [-0.1, -0.05) is 133 Å². The first-order chi connectivity index (χ1) is 26.7. The van der Waals surface area contributed by atoms with E-state index in [1.807, 2.05) is 23.5 Å². The van der Waals surface area contributed by atoms with Gasteiger partial charge in [-0.25, -0.2) is 9.98 Å². The molecule has 5 heteroatoms. The first-order valence-corrected chi connectivity index (χ1v) is 19.0. The van der Waals surface area contributed by atoms with Crippen molar-refractivity contribution in [2.75, 3.05) is 0 Å². The van der Waals surface area contributed by atoms with Crippen LogP contribution >= 0.6 is 11.3 Å². The highest BCUT2D eigenvalue weighted by molar-refractivity contribution is 7.26. The summed E-state index contributed by atoms with van der Waals surface area (Å²) in [5, 5.41) is 10.9. The minimum absolute atomic E-state index is 0.371. The Morgan fingerprint density at radius 3 is 2.09 bits per heavy atom. The molecule has 1 atom stereocenters. The molecule has 1 unspecified atom stereocenters. The van der Waals surface area contributed by atoms with Gasteiger partial charge < -0.3 is 9.73 Å². The van der Waals surface area contributed by atoms with Crippen molar-refractivity contribution in [3.05, 3.63) is 193 Å². The van der Waals surface area contributed by atoms with Gasteiger partial charge in [-0.3, -0.25) is 0 Å². The molecule has 1 aliphatic heterocycles. The Kier molecular flexibility index (Phi) is 7.07. The Balaban J connectivity index is 1.07. The van der Waals surface area contributed by atoms with E-state index in [4.69, 9.17) is 14.4 Å². The first-order valence-electron chi connectivity index (χ1n) is 18.2. The maximum atomic E-state index is 6.19. The molecule has 54 heavy (non-hydrogen) atoms. The van der Waals surface area contributed by atoms with E-state index in [-0.39, 0.29) is 6.17 Å². The maximum absolute atomic E-state index is 6.19. The Hall–Kier alpha value is -6.82. The molecule has 0 bridgehead atoms. The molecule has 3 heterocycles. The third-order valence-electron chi connectivity index (χ3n) is 10.5. The number of rotatable bonds is 5. The van der Waals surface area contributed by atoms with Gasteiger partial charge in [0.2, 0.25) is 0 Å². The number of para-hydroxylation sites is 1. The molecule has 0 amide bonds. The summed E-state index contributed by atoms with van der Waals surface area (Å²) in [6.07, 6.45) is -0.371. The van der Waals surface area contributed by atoms with Crippen molar-refractivity contribution in [2.45, 2.75) is 6.17 Å². The van der Waals surface area contributed by atoms with Crippen LogP contribution in [0.25, 0.3) is 75.1 Å². The highest BCUT2D eigenvalue weighted by Gasteiger charge is 2.24. The quantitative estimate of drug-likeness (QED) is 0.193. The van der Waals surface area contributed by atoms with E-state index in [0.29, 0.717) is 5.84 Å². The van der Waals surface area contributed by atoms with Gasteiger partial charge in [-0.2, -0.15) is 0 Å². The van der Waals surface area contributed by atoms with Gasteiger partial charge in [0.05, 0.1) is 0 Å². The van der Waals surface area contributed by atoms with Crippen LogP contribution in [0.3, 0.4) is 0 Å². The molecule has 8 aromatic carbocycles. The molecule has 254 valence electrons. The fourth-order valence-corrected chi connectivity index (χ4v) is 9.00. The molecule has 11 rings (SSSR count). The topological polar surface area (TPSA) is 49.9 Å². The summed E-state index contributed by atoms with van der Waals surface area (Å²) >= 11 is 1.82. The Labute approximate surface area is 315 Å². The highest BCUT2D eigenvalue weighted by atomic mass is 32.1. The summed E-state index contributed by atoms with van der Waals surface area (Å²) in [6.45, 7) is 0. The molecule has 10 aromatic rings. The Morgan fingerprint density at radius 2 is 1.20 bits per heavy atom. The number of fused-ring (bicyclic) bond motifs is 7. The molecule has 0 spiro atoms. The van der Waals surface area contributed by atoms with E-state index in [9.17, 15) is 0 Å². The van der Waals surface area contributed by atoms with Crippen LogP contribution in [0.4, 0.5) is 0 Å². The predicted octanol–water partition coefficient (Wildman–Crippen LogP) is 12.9. The average Bonchev–Trinajstić information content (AvgIpc) is 3.81. The van der Waals surface area contributed by atoms with Crippen LogP contribution in [0.1, 0.15) is 22.9 Å². The number of nitrogens with zero attached hydrogens (tertiary/aromatic N) is 2. The lowest BCUT2D eigenvalue weighted by Gasteiger charge is -2.24. The normalized spacial score (nSPS) is 14.5. The minimum Gasteiger partial charge on any atom is -0.456 e. The molecule has 0 fully saturated rings. The van der Waals surface area contributed by atoms with Gasteiger partial charge in [0, 0.05) is 42.1 Å². The van der Waals surface area contributed by atoms with Gasteiger partial charge in [0.15, 0.2) is 5.84 Å². The second-order valence-corrected chi connectivity index (χ2v) is 14.9. The van der Waals surface area contributed by atoms with Crippen LogP contribution < -0.4 is 5.32 Å². The lowest BCUT2D eigenvalue weighted by atomic mass is 9.96. The summed E-state index contributed by atoms with van der Waals surface area (Å²) in [5.41, 5.74) is 9.46. The van der Waals surface area contributed by atoms with E-state index in [1.54, 1.807) is 0 Å². The third kappa shape index (κ3) is 5.20. The molecule has 0 radical (unpaired) electrons. The molecule has 2 aromatic heterocycles. The molecule has 1 aliphatic rings. The number of thiophene rings is 1. The van der Waals surface area contributed by atoms with E-state index in [0.717, 1.165) is 50.0 Å². The van der Waals surface area contributed by atoms with Crippen LogP contribution in [0.5, 0.6) is 0 Å². The summed E-state index contributed by atoms with van der Waals surface area (Å²) in [6, 6.07) is 62.3. The second-order valence-electron chi connectivity index (χ2n) is 13.8. The van der Waals surface area contributed by atoms with Crippen LogP contribution in [-0.4, -0.2) is 11.7 Å². The van der Waals surface area contributed by atoms with E-state index < -0.39 is 0 Å². The van der Waals surface area contributed by atoms with E-state index in [1.165, 1.54) is 47.6 Å². The maximum Gasteiger partial charge on any atom is 0.159 e. The first kappa shape index (κ1) is 30.8. The van der Waals surface area contributed by atoms with Crippen LogP contribution in [0.15, 0.2) is 190 Å². The number of furan rings is 1. The number of hydrogen-bond acceptors (Lipinski definition) is 5. The summed E-state index contributed by atoms with van der Waals surface area (Å²) in [4.78, 5) is 10.6. The molecule has 0 aliphatic carbocycles. The predicted molar refractivity (Wildman–Crippen MR) is 227 cm³/mol. The minimum atomic E-state index is -0.371. The largest absolute Gasteiger partial charge is 0.456 e. The number of aliphatic imine (C=N–C) groups is 2. The van der Waals surface area contributed by atoms with Crippen molar-refractivity contribution in [3.8, 4) is 22.3 Å². The Bertz CT molecular complexity index is 3140. The fourth-order valence-electron chi connectivity index (χ4n) is 7.83. The SMILES string of the molecule is c1ccc(-c2cc(C3=NC(c4ccc5oc6ccccc6c5c4)NC(c4ccc(-c5ccc6ccccc6c5)cc4)=N3)cc3sc4ccccc4c23)cc1. The zero-order valence-electron chi connectivity index (χ0n) is 29.0. The van der Waals surface area contributed by atoms with Crippen molar-refractivity contribution in [1.29, 1.82) is 0 Å². The van der Waals surface area contributed by atoms with Crippen molar-refractivity contribution in [1.82, 2.24) is 5.32 Å². The van der Waals surface area contributed by atoms with Gasteiger partial charge in [-0.15, -0.1) is 11.3 Å². The van der Waals surface area contributed by atoms with Gasteiger partial charge in [0.25, 0.3) is 0 Å². The fraction of sp³-hybridized carbons (Fsp3) is 0.0204. The van der Waals surface area contributed by atoms with Crippen molar-refractivity contribution in [3.63, 3.8) is 0 Å². The number of benzene rings is 8. The summed E-state index contributed by atoms with van der Waals surface area (Å²) < 4.78 is 8.67. The smallest absolute Gasteiger partial charge is 0.159 e. The number of hydrogen-bond donors (Lipinski definition) is 1. The van der Waals surface area contributed by atoms with Crippen molar-refractivity contribution < 1.29 is 4.42 Å². The summed E-state index contributed by atoms with van der Waals surface area (Å²) in [7, 11) is 0. The molecule has 1 N–H and O–H groups in total. The lowest BCUT2D eigenvalue weighted by molar-refractivity contribution is 0.663. The molecule has 0 saturated carbocycles. The zero-order valence-corrected chi connectivity index (χ0v) is 29.8. The monoisotopic (exact) mass is 709 g/mol. The number of nitrogens with one attached hydrogen (secondary N) is 1. The standard InChI is InChI=1S/C49H31N3OS/c1-2-11-32(12-3-1)40-28-37(29-45-46(40)39-15-7-9-17-44(39)54-45)49-51-47(33-21-18-31(19-22-33)35-23-20-30-10-4-5-13-34(30)26-35)50-48(52-49)36-24-25-43-41(27-36)38-14-6-8-16-42(38)53-43/h1-29,48H,(H,50,51,52). The van der Waals surface area contributed by atoms with Crippen LogP contribution in [-0.2, 0) is 0 Å². The number of amidine groups is 2. The van der Waals surface area contributed by atoms with Crippen LogP contribution in [0, 0.1) is 0 Å². The molecular weight excluding hydrogens is 679 g/mol. The molecular formula is C49H31N3OS. The average molecular weight is 710 g/mol. The molecule has 0 saturated heterocycles. The van der Waals surface area contributed by atoms with Gasteiger partial charge in [0.1, 0.15) is 23.2 Å². The van der Waals surface area contributed by atoms with Gasteiger partial charge >= 0.3 is 0 Å². The van der Waals surface area contributed by atoms with Crippen LogP contribution in [0.2, 0.25) is 0 Å². The molecule has 4 nitrogen and oxygen atoms in total. The lowest BCUT2D eigenvalue weighted by Crippen LogP contribution is -2.33. The zero-order chi connectivity index (χ0) is 35.6. The Morgan fingerprint density at radius 1 is 0.481 bits per heavy atom. The van der Waals surface area contributed by atoms with Crippen molar-refractivity contribution in [2.24, 2.45) is 9.98 Å². The second kappa shape index (κ2) is 12.4. The highest BCUT2D eigenvalue weighted by Crippen LogP contribution is 2.41. The van der Waals surface area contributed by atoms with E-state index in [2.05, 4.69) is 169 Å².